The second kappa shape index (κ2) is 10.8. The van der Waals surface area contributed by atoms with Gasteiger partial charge in [-0.3, -0.25) is 5.43 Å². The van der Waals surface area contributed by atoms with Crippen LogP contribution in [-0.2, 0) is 13.1 Å². The van der Waals surface area contributed by atoms with E-state index >= 15 is 0 Å². The van der Waals surface area contributed by atoms with E-state index in [9.17, 15) is 0 Å². The zero-order valence-corrected chi connectivity index (χ0v) is 18.2. The fraction of sp³-hybridized carbons (Fsp3) is 0.107. The van der Waals surface area contributed by atoms with E-state index in [0.29, 0.717) is 0 Å². The van der Waals surface area contributed by atoms with Crippen LogP contribution in [0.4, 0.5) is 11.4 Å². The predicted octanol–water partition coefficient (Wildman–Crippen LogP) is 6.35. The third-order valence-electron chi connectivity index (χ3n) is 5.19. The molecular weight excluding hydrogens is 394 g/mol. The smallest absolute Gasteiger partial charge is 0.129 e. The molecule has 0 radical (unpaired) electrons. The summed E-state index contributed by atoms with van der Waals surface area (Å²) >= 11 is 0. The van der Waals surface area contributed by atoms with Crippen molar-refractivity contribution in [2.24, 2.45) is 5.10 Å². The number of nitrogens with one attached hydrogen (secondary N) is 1. The highest BCUT2D eigenvalue weighted by atomic mass is 16.5. The molecule has 0 aliphatic carbocycles. The van der Waals surface area contributed by atoms with E-state index in [1.165, 1.54) is 11.1 Å². The summed E-state index contributed by atoms with van der Waals surface area (Å²) in [5, 5.41) is 4.36. The molecule has 0 atom stereocenters. The summed E-state index contributed by atoms with van der Waals surface area (Å²) in [5.41, 5.74) is 8.54. The minimum absolute atomic E-state index is 0.784. The Kier molecular flexibility index (Phi) is 7.17. The molecule has 4 aromatic carbocycles. The van der Waals surface area contributed by atoms with Gasteiger partial charge in [0.25, 0.3) is 0 Å². The van der Waals surface area contributed by atoms with Crippen LogP contribution in [0, 0.1) is 0 Å². The van der Waals surface area contributed by atoms with Crippen molar-refractivity contribution in [1.82, 2.24) is 0 Å². The molecule has 0 fully saturated rings. The third kappa shape index (κ3) is 5.76. The van der Waals surface area contributed by atoms with Crippen molar-refractivity contribution in [3.05, 3.63) is 126 Å². The fourth-order valence-electron chi connectivity index (χ4n) is 3.54. The van der Waals surface area contributed by atoms with Gasteiger partial charge in [0.05, 0.1) is 19.0 Å². The lowest BCUT2D eigenvalue weighted by Crippen LogP contribution is -2.22. The number of benzene rings is 4. The van der Waals surface area contributed by atoms with Gasteiger partial charge >= 0.3 is 0 Å². The molecule has 0 amide bonds. The summed E-state index contributed by atoms with van der Waals surface area (Å²) < 4.78 is 5.69. The molecule has 4 aromatic rings. The van der Waals surface area contributed by atoms with Gasteiger partial charge in [0.2, 0.25) is 0 Å². The van der Waals surface area contributed by atoms with Crippen LogP contribution < -0.4 is 15.1 Å². The topological polar surface area (TPSA) is 36.9 Å². The van der Waals surface area contributed by atoms with Crippen molar-refractivity contribution in [3.8, 4) is 5.75 Å². The molecule has 4 heteroatoms. The summed E-state index contributed by atoms with van der Waals surface area (Å²) in [6.07, 6.45) is 1.79. The van der Waals surface area contributed by atoms with Crippen LogP contribution in [0.15, 0.2) is 114 Å². The van der Waals surface area contributed by atoms with E-state index in [1.807, 2.05) is 48.5 Å². The molecule has 0 aliphatic rings. The van der Waals surface area contributed by atoms with E-state index in [-0.39, 0.29) is 0 Å². The van der Waals surface area contributed by atoms with Crippen molar-refractivity contribution in [2.75, 3.05) is 17.4 Å². The maximum Gasteiger partial charge on any atom is 0.129 e. The number of rotatable bonds is 9. The minimum Gasteiger partial charge on any atom is -0.496 e. The monoisotopic (exact) mass is 421 g/mol. The quantitative estimate of drug-likeness (QED) is 0.253. The van der Waals surface area contributed by atoms with Crippen LogP contribution in [0.5, 0.6) is 5.75 Å². The molecule has 160 valence electrons. The Morgan fingerprint density at radius 1 is 0.750 bits per heavy atom. The molecule has 32 heavy (non-hydrogen) atoms. The van der Waals surface area contributed by atoms with Crippen LogP contribution in [0.3, 0.4) is 0 Å². The average Bonchev–Trinajstić information content (AvgIpc) is 2.86. The van der Waals surface area contributed by atoms with Crippen LogP contribution in [0.2, 0.25) is 0 Å². The van der Waals surface area contributed by atoms with Gasteiger partial charge in [-0.2, -0.15) is 5.10 Å². The van der Waals surface area contributed by atoms with Crippen molar-refractivity contribution in [3.63, 3.8) is 0 Å². The lowest BCUT2D eigenvalue weighted by atomic mass is 10.1. The predicted molar refractivity (Wildman–Crippen MR) is 133 cm³/mol. The molecular formula is C28H27N3O. The Morgan fingerprint density at radius 2 is 1.31 bits per heavy atom. The largest absolute Gasteiger partial charge is 0.496 e. The lowest BCUT2D eigenvalue weighted by molar-refractivity contribution is 0.414. The summed E-state index contributed by atoms with van der Waals surface area (Å²) in [6, 6.07) is 37.2. The van der Waals surface area contributed by atoms with Gasteiger partial charge in [0.1, 0.15) is 5.75 Å². The highest BCUT2D eigenvalue weighted by molar-refractivity contribution is 5.85. The molecule has 0 aliphatic heterocycles. The molecule has 0 bridgehead atoms. The Morgan fingerprint density at radius 3 is 1.88 bits per heavy atom. The first-order chi connectivity index (χ1) is 15.8. The van der Waals surface area contributed by atoms with Crippen LogP contribution in [-0.4, -0.2) is 13.3 Å². The van der Waals surface area contributed by atoms with E-state index in [1.54, 1.807) is 13.3 Å². The SMILES string of the molecule is COc1cc(N(Cc2ccccc2)Cc2ccccc2)ccc1/C=N/Nc1ccccc1. The average molecular weight is 422 g/mol. The zero-order chi connectivity index (χ0) is 22.0. The van der Waals surface area contributed by atoms with E-state index in [2.05, 4.69) is 76.1 Å². The Bertz CT molecular complexity index is 1090. The Balaban J connectivity index is 1.57. The normalized spacial score (nSPS) is 10.8. The molecule has 0 aromatic heterocycles. The van der Waals surface area contributed by atoms with E-state index in [0.717, 1.165) is 35.8 Å². The van der Waals surface area contributed by atoms with Gasteiger partial charge in [0, 0.05) is 30.4 Å². The lowest BCUT2D eigenvalue weighted by Gasteiger charge is -2.26. The standard InChI is InChI=1S/C28H27N3O/c1-32-28-19-27(18-17-25(28)20-29-30-26-15-9-4-10-16-26)31(21-23-11-5-2-6-12-23)22-24-13-7-3-8-14-24/h2-20,30H,21-22H2,1H3/b29-20+. The number of para-hydroxylation sites is 1. The fourth-order valence-corrected chi connectivity index (χ4v) is 3.54. The van der Waals surface area contributed by atoms with Gasteiger partial charge in [-0.25, -0.2) is 0 Å². The van der Waals surface area contributed by atoms with Gasteiger partial charge in [-0.1, -0.05) is 78.9 Å². The Labute approximate surface area is 189 Å². The van der Waals surface area contributed by atoms with Crippen LogP contribution in [0.25, 0.3) is 0 Å². The van der Waals surface area contributed by atoms with Gasteiger partial charge < -0.3 is 9.64 Å². The Hall–Kier alpha value is -4.05. The molecule has 0 spiro atoms. The highest BCUT2D eigenvalue weighted by Gasteiger charge is 2.12. The summed E-state index contributed by atoms with van der Waals surface area (Å²) in [6.45, 7) is 1.61. The molecule has 0 saturated heterocycles. The van der Waals surface area contributed by atoms with Crippen molar-refractivity contribution in [1.29, 1.82) is 0 Å². The van der Waals surface area contributed by atoms with Crippen molar-refractivity contribution < 1.29 is 4.74 Å². The number of hydrogen-bond donors (Lipinski definition) is 1. The first-order valence-corrected chi connectivity index (χ1v) is 10.7. The number of anilines is 2. The molecule has 0 heterocycles. The molecule has 1 N–H and O–H groups in total. The molecule has 4 rings (SSSR count). The van der Waals surface area contributed by atoms with Crippen LogP contribution >= 0.6 is 0 Å². The maximum atomic E-state index is 5.69. The third-order valence-corrected chi connectivity index (χ3v) is 5.19. The van der Waals surface area contributed by atoms with Crippen molar-refractivity contribution in [2.45, 2.75) is 13.1 Å². The molecule has 0 saturated carbocycles. The number of hydrogen-bond acceptors (Lipinski definition) is 4. The minimum atomic E-state index is 0.784. The second-order valence-electron chi connectivity index (χ2n) is 7.49. The van der Waals surface area contributed by atoms with Gasteiger partial charge in [-0.05, 0) is 35.4 Å². The van der Waals surface area contributed by atoms with Gasteiger partial charge in [0.15, 0.2) is 0 Å². The van der Waals surface area contributed by atoms with Gasteiger partial charge in [-0.15, -0.1) is 0 Å². The number of methoxy groups -OCH3 is 1. The maximum absolute atomic E-state index is 5.69. The van der Waals surface area contributed by atoms with E-state index < -0.39 is 0 Å². The summed E-state index contributed by atoms with van der Waals surface area (Å²) in [7, 11) is 1.69. The van der Waals surface area contributed by atoms with E-state index in [4.69, 9.17) is 4.74 Å². The first-order valence-electron chi connectivity index (χ1n) is 10.7. The highest BCUT2D eigenvalue weighted by Crippen LogP contribution is 2.27. The number of ether oxygens (including phenoxy) is 1. The summed E-state index contributed by atoms with van der Waals surface area (Å²) in [5.74, 6) is 0.784. The number of hydrazone groups is 1. The number of nitrogens with zero attached hydrogens (tertiary/aromatic N) is 2. The van der Waals surface area contributed by atoms with Crippen LogP contribution in [0.1, 0.15) is 16.7 Å². The first kappa shape index (κ1) is 21.2. The second-order valence-corrected chi connectivity index (χ2v) is 7.49. The zero-order valence-electron chi connectivity index (χ0n) is 18.2. The molecule has 0 unspecified atom stereocenters. The summed E-state index contributed by atoms with van der Waals surface area (Å²) in [4.78, 5) is 2.36. The molecule has 4 nitrogen and oxygen atoms in total. The van der Waals surface area contributed by atoms with Crippen molar-refractivity contribution >= 4 is 17.6 Å².